The Labute approximate surface area is 127 Å². The SMILES string of the molecule is Cc1nc2cc(-c3ccc(Cl)cc3)nn2c(O)c1N(C)C. The summed E-state index contributed by atoms with van der Waals surface area (Å²) >= 11 is 5.90. The Morgan fingerprint density at radius 3 is 2.48 bits per heavy atom. The van der Waals surface area contributed by atoms with Gasteiger partial charge in [0.15, 0.2) is 5.65 Å². The van der Waals surface area contributed by atoms with Crippen LogP contribution in [0.5, 0.6) is 5.88 Å². The van der Waals surface area contributed by atoms with Gasteiger partial charge in [0, 0.05) is 30.7 Å². The molecule has 2 aromatic heterocycles. The van der Waals surface area contributed by atoms with Crippen LogP contribution in [0.25, 0.3) is 16.9 Å². The highest BCUT2D eigenvalue weighted by atomic mass is 35.5. The molecule has 0 unspecified atom stereocenters. The summed E-state index contributed by atoms with van der Waals surface area (Å²) in [5.41, 5.74) is 3.69. The van der Waals surface area contributed by atoms with Crippen LogP contribution < -0.4 is 4.90 Å². The van der Waals surface area contributed by atoms with E-state index in [0.717, 1.165) is 17.0 Å². The highest BCUT2D eigenvalue weighted by Crippen LogP contribution is 2.31. The fourth-order valence-electron chi connectivity index (χ4n) is 2.38. The molecule has 0 bridgehead atoms. The summed E-state index contributed by atoms with van der Waals surface area (Å²) in [6.45, 7) is 1.87. The molecule has 1 N–H and O–H groups in total. The zero-order valence-corrected chi connectivity index (χ0v) is 12.8. The van der Waals surface area contributed by atoms with E-state index in [0.29, 0.717) is 16.4 Å². The zero-order valence-electron chi connectivity index (χ0n) is 12.0. The summed E-state index contributed by atoms with van der Waals surface area (Å²) in [6.07, 6.45) is 0. The minimum Gasteiger partial charge on any atom is -0.492 e. The number of benzene rings is 1. The van der Waals surface area contributed by atoms with Crippen molar-refractivity contribution in [1.82, 2.24) is 14.6 Å². The molecule has 2 heterocycles. The van der Waals surface area contributed by atoms with Gasteiger partial charge in [0.1, 0.15) is 5.69 Å². The average Bonchev–Trinajstić information content (AvgIpc) is 2.83. The van der Waals surface area contributed by atoms with E-state index in [-0.39, 0.29) is 5.88 Å². The molecular weight excluding hydrogens is 288 g/mol. The van der Waals surface area contributed by atoms with Gasteiger partial charge in [-0.2, -0.15) is 9.61 Å². The molecule has 1 aromatic carbocycles. The number of aromatic nitrogens is 3. The molecule has 0 radical (unpaired) electrons. The maximum absolute atomic E-state index is 10.4. The topological polar surface area (TPSA) is 53.7 Å². The molecule has 0 aliphatic carbocycles. The predicted octanol–water partition coefficient (Wildman–Crippen LogP) is 3.13. The summed E-state index contributed by atoms with van der Waals surface area (Å²) in [7, 11) is 3.72. The molecule has 0 aliphatic heterocycles. The summed E-state index contributed by atoms with van der Waals surface area (Å²) < 4.78 is 1.45. The summed E-state index contributed by atoms with van der Waals surface area (Å²) in [6, 6.07) is 9.24. The van der Waals surface area contributed by atoms with Crippen molar-refractivity contribution in [3.05, 3.63) is 41.0 Å². The molecule has 0 aliphatic rings. The quantitative estimate of drug-likeness (QED) is 0.790. The maximum Gasteiger partial charge on any atom is 0.240 e. The standard InChI is InChI=1S/C15H15ClN4O/c1-9-14(19(2)3)15(21)20-13(17-9)8-12(18-20)10-4-6-11(16)7-5-10/h4-8,21H,1-3H3. The predicted molar refractivity (Wildman–Crippen MR) is 84.2 cm³/mol. The van der Waals surface area contributed by atoms with Crippen molar-refractivity contribution in [2.45, 2.75) is 6.92 Å². The number of rotatable bonds is 2. The molecule has 0 saturated carbocycles. The third kappa shape index (κ3) is 2.29. The van der Waals surface area contributed by atoms with Gasteiger partial charge in [0.25, 0.3) is 0 Å². The number of hydrogen-bond donors (Lipinski definition) is 1. The van der Waals surface area contributed by atoms with Gasteiger partial charge in [0.2, 0.25) is 5.88 Å². The number of aromatic hydroxyl groups is 1. The first-order valence-electron chi connectivity index (χ1n) is 6.50. The maximum atomic E-state index is 10.4. The van der Waals surface area contributed by atoms with Crippen LogP contribution in [-0.2, 0) is 0 Å². The van der Waals surface area contributed by atoms with E-state index in [2.05, 4.69) is 10.1 Å². The average molecular weight is 303 g/mol. The number of anilines is 1. The Hall–Kier alpha value is -2.27. The second-order valence-electron chi connectivity index (χ2n) is 5.07. The third-order valence-corrected chi connectivity index (χ3v) is 3.57. The molecule has 108 valence electrons. The Balaban J connectivity index is 2.20. The first-order valence-corrected chi connectivity index (χ1v) is 6.88. The monoisotopic (exact) mass is 302 g/mol. The van der Waals surface area contributed by atoms with Gasteiger partial charge in [-0.1, -0.05) is 23.7 Å². The summed E-state index contributed by atoms with van der Waals surface area (Å²) in [5, 5.41) is 15.5. The van der Waals surface area contributed by atoms with Gasteiger partial charge in [-0.25, -0.2) is 4.98 Å². The van der Waals surface area contributed by atoms with Crippen molar-refractivity contribution in [2.75, 3.05) is 19.0 Å². The van der Waals surface area contributed by atoms with Crippen molar-refractivity contribution in [1.29, 1.82) is 0 Å². The van der Waals surface area contributed by atoms with Crippen LogP contribution in [0.4, 0.5) is 5.69 Å². The molecule has 0 atom stereocenters. The molecule has 0 amide bonds. The molecule has 3 rings (SSSR count). The molecule has 0 fully saturated rings. The lowest BCUT2D eigenvalue weighted by atomic mass is 10.2. The summed E-state index contributed by atoms with van der Waals surface area (Å²) in [5.74, 6) is 0.0858. The second kappa shape index (κ2) is 4.93. The third-order valence-electron chi connectivity index (χ3n) is 3.32. The largest absolute Gasteiger partial charge is 0.492 e. The van der Waals surface area contributed by atoms with E-state index in [1.807, 2.05) is 56.3 Å². The van der Waals surface area contributed by atoms with Crippen LogP contribution >= 0.6 is 11.6 Å². The lowest BCUT2D eigenvalue weighted by Crippen LogP contribution is -2.13. The Kier molecular flexibility index (Phi) is 3.22. The lowest BCUT2D eigenvalue weighted by Gasteiger charge is -2.16. The van der Waals surface area contributed by atoms with Gasteiger partial charge in [-0.3, -0.25) is 0 Å². The Morgan fingerprint density at radius 2 is 1.86 bits per heavy atom. The smallest absolute Gasteiger partial charge is 0.240 e. The first kappa shape index (κ1) is 13.7. The molecule has 5 nitrogen and oxygen atoms in total. The van der Waals surface area contributed by atoms with Gasteiger partial charge in [-0.15, -0.1) is 0 Å². The highest BCUT2D eigenvalue weighted by molar-refractivity contribution is 6.30. The number of halogens is 1. The minimum absolute atomic E-state index is 0.0858. The molecular formula is C15H15ClN4O. The van der Waals surface area contributed by atoms with E-state index in [1.165, 1.54) is 4.52 Å². The molecule has 21 heavy (non-hydrogen) atoms. The number of aryl methyl sites for hydroxylation is 1. The van der Waals surface area contributed by atoms with E-state index in [9.17, 15) is 5.11 Å². The van der Waals surface area contributed by atoms with Crippen LogP contribution in [0, 0.1) is 6.92 Å². The van der Waals surface area contributed by atoms with E-state index in [4.69, 9.17) is 11.6 Å². The number of nitrogens with zero attached hydrogens (tertiary/aromatic N) is 4. The van der Waals surface area contributed by atoms with Crippen LogP contribution in [0.3, 0.4) is 0 Å². The Bertz CT molecular complexity index is 809. The summed E-state index contributed by atoms with van der Waals surface area (Å²) in [4.78, 5) is 6.31. The van der Waals surface area contributed by atoms with Crippen molar-refractivity contribution < 1.29 is 5.11 Å². The van der Waals surface area contributed by atoms with E-state index >= 15 is 0 Å². The second-order valence-corrected chi connectivity index (χ2v) is 5.51. The van der Waals surface area contributed by atoms with Crippen molar-refractivity contribution in [2.24, 2.45) is 0 Å². The van der Waals surface area contributed by atoms with Crippen molar-refractivity contribution in [3.8, 4) is 17.1 Å². The van der Waals surface area contributed by atoms with Gasteiger partial charge < -0.3 is 10.0 Å². The molecule has 6 heteroatoms. The minimum atomic E-state index is 0.0858. The van der Waals surface area contributed by atoms with Crippen molar-refractivity contribution >= 4 is 22.9 Å². The van der Waals surface area contributed by atoms with Crippen LogP contribution in [0.1, 0.15) is 5.69 Å². The fraction of sp³-hybridized carbons (Fsp3) is 0.200. The number of fused-ring (bicyclic) bond motifs is 1. The molecule has 0 saturated heterocycles. The lowest BCUT2D eigenvalue weighted by molar-refractivity contribution is 0.435. The first-order chi connectivity index (χ1) is 9.97. The van der Waals surface area contributed by atoms with Crippen LogP contribution in [-0.4, -0.2) is 33.8 Å². The fourth-order valence-corrected chi connectivity index (χ4v) is 2.50. The van der Waals surface area contributed by atoms with Gasteiger partial charge >= 0.3 is 0 Å². The van der Waals surface area contributed by atoms with E-state index in [1.54, 1.807) is 0 Å². The normalized spacial score (nSPS) is 11.0. The zero-order chi connectivity index (χ0) is 15.1. The van der Waals surface area contributed by atoms with Crippen molar-refractivity contribution in [3.63, 3.8) is 0 Å². The van der Waals surface area contributed by atoms with Crippen LogP contribution in [0.2, 0.25) is 5.02 Å². The molecule has 0 spiro atoms. The Morgan fingerprint density at radius 1 is 1.19 bits per heavy atom. The highest BCUT2D eigenvalue weighted by Gasteiger charge is 2.16. The van der Waals surface area contributed by atoms with Crippen LogP contribution in [0.15, 0.2) is 30.3 Å². The number of hydrogen-bond acceptors (Lipinski definition) is 4. The van der Waals surface area contributed by atoms with E-state index < -0.39 is 0 Å². The molecule has 3 aromatic rings. The van der Waals surface area contributed by atoms with Gasteiger partial charge in [-0.05, 0) is 19.1 Å². The van der Waals surface area contributed by atoms with Gasteiger partial charge in [0.05, 0.1) is 11.4 Å².